The van der Waals surface area contributed by atoms with Gasteiger partial charge in [-0.05, 0) is 12.8 Å². The summed E-state index contributed by atoms with van der Waals surface area (Å²) in [5.74, 6) is 0.908. The lowest BCUT2D eigenvalue weighted by Crippen LogP contribution is -1.97. The van der Waals surface area contributed by atoms with Crippen molar-refractivity contribution in [3.63, 3.8) is 0 Å². The number of hydrogen-bond donors (Lipinski definition) is 1. The summed E-state index contributed by atoms with van der Waals surface area (Å²) in [5.41, 5.74) is 0. The molecule has 0 aliphatic heterocycles. The van der Waals surface area contributed by atoms with E-state index >= 15 is 0 Å². The van der Waals surface area contributed by atoms with Crippen molar-refractivity contribution in [3.8, 4) is 0 Å². The zero-order valence-electron chi connectivity index (χ0n) is 15.4. The predicted octanol–water partition coefficient (Wildman–Crippen LogP) is 6.55. The van der Waals surface area contributed by atoms with Gasteiger partial charge in [0.15, 0.2) is 0 Å². The van der Waals surface area contributed by atoms with Crippen molar-refractivity contribution in [1.29, 1.82) is 0 Å². The summed E-state index contributed by atoms with van der Waals surface area (Å²) in [5, 5.41) is 0. The molecule has 3 nitrogen and oxygen atoms in total. The van der Waals surface area contributed by atoms with Crippen molar-refractivity contribution in [3.05, 3.63) is 22.5 Å². The van der Waals surface area contributed by atoms with Crippen molar-refractivity contribution in [2.45, 2.75) is 110 Å². The minimum atomic E-state index is -0.326. The molecule has 0 fully saturated rings. The minimum absolute atomic E-state index is 0.326. The second-order valence-electron chi connectivity index (χ2n) is 6.86. The number of aromatic amines is 1. The van der Waals surface area contributed by atoms with Crippen molar-refractivity contribution in [1.82, 2.24) is 4.98 Å². The zero-order chi connectivity index (χ0) is 16.8. The Morgan fingerprint density at radius 1 is 0.870 bits per heavy atom. The highest BCUT2D eigenvalue weighted by atomic mass is 16.4. The topological polar surface area (TPSA) is 46.0 Å². The van der Waals surface area contributed by atoms with E-state index in [1.54, 1.807) is 6.20 Å². The lowest BCUT2D eigenvalue weighted by atomic mass is 9.96. The van der Waals surface area contributed by atoms with Crippen LogP contribution in [0.5, 0.6) is 0 Å². The average molecular weight is 324 g/mol. The number of unbranched alkanes of at least 4 members (excludes halogenated alkanes) is 11. The van der Waals surface area contributed by atoms with Crippen molar-refractivity contribution in [2.75, 3.05) is 0 Å². The summed E-state index contributed by atoms with van der Waals surface area (Å²) in [4.78, 5) is 13.7. The Labute approximate surface area is 142 Å². The van der Waals surface area contributed by atoms with Crippen LogP contribution in [0.1, 0.15) is 115 Å². The molecule has 1 aromatic heterocycles. The third-order valence-corrected chi connectivity index (χ3v) is 4.84. The quantitative estimate of drug-likeness (QED) is 0.372. The molecule has 1 aromatic rings. The average Bonchev–Trinajstić information content (AvgIpc) is 2.98. The number of H-pyrrole nitrogens is 1. The Morgan fingerprint density at radius 3 is 1.83 bits per heavy atom. The van der Waals surface area contributed by atoms with E-state index < -0.39 is 0 Å². The van der Waals surface area contributed by atoms with Gasteiger partial charge in [0.2, 0.25) is 0 Å². The van der Waals surface area contributed by atoms with Crippen molar-refractivity contribution >= 4 is 0 Å². The Balaban J connectivity index is 1.92. The van der Waals surface area contributed by atoms with E-state index in [9.17, 15) is 4.79 Å². The van der Waals surface area contributed by atoms with Gasteiger partial charge in [0, 0.05) is 12.1 Å². The Morgan fingerprint density at radius 2 is 1.39 bits per heavy atom. The SMILES string of the molecule is CCCCCCCCCCCCCCC(CC)c1c[nH]c(=O)o1. The van der Waals surface area contributed by atoms with Gasteiger partial charge in [-0.3, -0.25) is 4.98 Å². The molecule has 0 aromatic carbocycles. The van der Waals surface area contributed by atoms with Gasteiger partial charge in [0.05, 0.1) is 0 Å². The van der Waals surface area contributed by atoms with E-state index in [4.69, 9.17) is 4.42 Å². The molecule has 0 spiro atoms. The maximum Gasteiger partial charge on any atom is 0.416 e. The van der Waals surface area contributed by atoms with Crippen LogP contribution in [0.3, 0.4) is 0 Å². The normalized spacial score (nSPS) is 12.6. The van der Waals surface area contributed by atoms with Crippen LogP contribution in [0.2, 0.25) is 0 Å². The van der Waals surface area contributed by atoms with Crippen LogP contribution in [-0.2, 0) is 0 Å². The first-order valence-corrected chi connectivity index (χ1v) is 9.96. The summed E-state index contributed by atoms with van der Waals surface area (Å²) in [6.07, 6.45) is 20.5. The van der Waals surface area contributed by atoms with Crippen LogP contribution in [0.25, 0.3) is 0 Å². The lowest BCUT2D eigenvalue weighted by Gasteiger charge is -2.10. The molecule has 23 heavy (non-hydrogen) atoms. The first kappa shape index (κ1) is 20.1. The highest BCUT2D eigenvalue weighted by molar-refractivity contribution is 4.98. The van der Waals surface area contributed by atoms with E-state index in [0.717, 1.165) is 18.6 Å². The van der Waals surface area contributed by atoms with Gasteiger partial charge in [-0.25, -0.2) is 4.79 Å². The number of oxazole rings is 1. The van der Waals surface area contributed by atoms with Crippen molar-refractivity contribution in [2.24, 2.45) is 0 Å². The van der Waals surface area contributed by atoms with E-state index in [2.05, 4.69) is 18.8 Å². The second-order valence-corrected chi connectivity index (χ2v) is 6.86. The molecule has 3 heteroatoms. The second kappa shape index (κ2) is 13.4. The summed E-state index contributed by atoms with van der Waals surface area (Å²) in [6.45, 7) is 4.44. The fraction of sp³-hybridized carbons (Fsp3) is 0.850. The number of rotatable bonds is 15. The minimum Gasteiger partial charge on any atom is -0.413 e. The third-order valence-electron chi connectivity index (χ3n) is 4.84. The molecular formula is C20H37NO2. The maximum absolute atomic E-state index is 11.1. The molecular weight excluding hydrogens is 286 g/mol. The molecule has 1 heterocycles. The first-order valence-electron chi connectivity index (χ1n) is 9.96. The summed E-state index contributed by atoms with van der Waals surface area (Å²) >= 11 is 0. The molecule has 0 aliphatic carbocycles. The first-order chi connectivity index (χ1) is 11.3. The highest BCUT2D eigenvalue weighted by Crippen LogP contribution is 2.24. The van der Waals surface area contributed by atoms with Gasteiger partial charge in [0.1, 0.15) is 5.76 Å². The zero-order valence-corrected chi connectivity index (χ0v) is 15.4. The number of nitrogens with one attached hydrogen (secondary N) is 1. The molecule has 0 saturated carbocycles. The molecule has 1 N–H and O–H groups in total. The van der Waals surface area contributed by atoms with Gasteiger partial charge in [-0.2, -0.15) is 0 Å². The molecule has 134 valence electrons. The maximum atomic E-state index is 11.1. The Hall–Kier alpha value is -0.990. The van der Waals surface area contributed by atoms with Gasteiger partial charge in [-0.1, -0.05) is 90.9 Å². The molecule has 1 rings (SSSR count). The molecule has 0 saturated heterocycles. The number of aromatic nitrogens is 1. The standard InChI is InChI=1S/C20H37NO2/c1-3-5-6-7-8-9-10-11-12-13-14-15-16-18(4-2)19-17-21-20(22)23-19/h17-18H,3-16H2,1-2H3,(H,21,22). The van der Waals surface area contributed by atoms with E-state index in [0.29, 0.717) is 5.92 Å². The van der Waals surface area contributed by atoms with Crippen molar-refractivity contribution < 1.29 is 4.42 Å². The third kappa shape index (κ3) is 9.68. The van der Waals surface area contributed by atoms with Crippen LogP contribution in [0, 0.1) is 0 Å². The van der Waals surface area contributed by atoms with Crippen LogP contribution < -0.4 is 5.76 Å². The van der Waals surface area contributed by atoms with Gasteiger partial charge in [0.25, 0.3) is 0 Å². The smallest absolute Gasteiger partial charge is 0.413 e. The molecule has 0 amide bonds. The highest BCUT2D eigenvalue weighted by Gasteiger charge is 2.13. The number of hydrogen-bond acceptors (Lipinski definition) is 2. The molecule has 1 atom stereocenters. The Kier molecular flexibility index (Phi) is 11.7. The molecule has 0 radical (unpaired) electrons. The van der Waals surface area contributed by atoms with E-state index in [1.807, 2.05) is 0 Å². The van der Waals surface area contributed by atoms with Crippen LogP contribution >= 0.6 is 0 Å². The monoisotopic (exact) mass is 323 g/mol. The van der Waals surface area contributed by atoms with Crippen LogP contribution in [0.4, 0.5) is 0 Å². The van der Waals surface area contributed by atoms with Gasteiger partial charge in [-0.15, -0.1) is 0 Å². The molecule has 0 bridgehead atoms. The lowest BCUT2D eigenvalue weighted by molar-refractivity contribution is 0.404. The molecule has 1 unspecified atom stereocenters. The predicted molar refractivity (Wildman–Crippen MR) is 98.1 cm³/mol. The van der Waals surface area contributed by atoms with Crippen LogP contribution in [0.15, 0.2) is 15.4 Å². The van der Waals surface area contributed by atoms with E-state index in [1.165, 1.54) is 77.0 Å². The van der Waals surface area contributed by atoms with E-state index in [-0.39, 0.29) is 5.76 Å². The fourth-order valence-electron chi connectivity index (χ4n) is 3.28. The summed E-state index contributed by atoms with van der Waals surface area (Å²) in [6, 6.07) is 0. The van der Waals surface area contributed by atoms with Crippen LogP contribution in [-0.4, -0.2) is 4.98 Å². The fourth-order valence-corrected chi connectivity index (χ4v) is 3.28. The Bertz CT molecular complexity index is 421. The molecule has 0 aliphatic rings. The van der Waals surface area contributed by atoms with Gasteiger partial charge >= 0.3 is 5.76 Å². The summed E-state index contributed by atoms with van der Waals surface area (Å²) < 4.78 is 5.18. The summed E-state index contributed by atoms with van der Waals surface area (Å²) in [7, 11) is 0. The largest absolute Gasteiger partial charge is 0.416 e. The van der Waals surface area contributed by atoms with Gasteiger partial charge < -0.3 is 4.42 Å².